The Hall–Kier alpha value is -2.38. The maximum Gasteiger partial charge on any atom is 0.261 e. The van der Waals surface area contributed by atoms with E-state index in [9.17, 15) is 13.2 Å². The average molecular weight is 360 g/mol. The topological polar surface area (TPSA) is 75.7 Å². The zero-order chi connectivity index (χ0) is 17.7. The minimum absolute atomic E-state index is 0.0564. The highest BCUT2D eigenvalue weighted by atomic mass is 32.2. The van der Waals surface area contributed by atoms with E-state index in [4.69, 9.17) is 4.74 Å². The Morgan fingerprint density at radius 3 is 2.28 bits per heavy atom. The first-order chi connectivity index (χ1) is 12.0. The number of nitrogens with one attached hydrogen (secondary N) is 1. The lowest BCUT2D eigenvalue weighted by Crippen LogP contribution is -2.41. The van der Waals surface area contributed by atoms with Crippen molar-refractivity contribution in [3.05, 3.63) is 60.2 Å². The van der Waals surface area contributed by atoms with Crippen molar-refractivity contribution in [2.45, 2.75) is 11.3 Å². The van der Waals surface area contributed by atoms with Gasteiger partial charge in [0, 0.05) is 18.8 Å². The molecule has 0 bridgehead atoms. The lowest BCUT2D eigenvalue weighted by Gasteiger charge is -2.26. The number of morpholine rings is 1. The van der Waals surface area contributed by atoms with E-state index in [1.165, 1.54) is 12.1 Å². The molecule has 2 aromatic carbocycles. The lowest BCUT2D eigenvalue weighted by molar-refractivity contribution is -0.134. The Morgan fingerprint density at radius 1 is 1.00 bits per heavy atom. The molecular weight excluding hydrogens is 340 g/mol. The van der Waals surface area contributed by atoms with Crippen LogP contribution < -0.4 is 4.72 Å². The fourth-order valence-electron chi connectivity index (χ4n) is 2.60. The van der Waals surface area contributed by atoms with Gasteiger partial charge in [-0.25, -0.2) is 8.42 Å². The van der Waals surface area contributed by atoms with Crippen LogP contribution in [-0.4, -0.2) is 45.5 Å². The predicted molar refractivity (Wildman–Crippen MR) is 94.8 cm³/mol. The van der Waals surface area contributed by atoms with Gasteiger partial charge < -0.3 is 9.64 Å². The van der Waals surface area contributed by atoms with Crippen LogP contribution in [0.25, 0.3) is 0 Å². The second kappa shape index (κ2) is 7.67. The minimum Gasteiger partial charge on any atom is -0.378 e. The third-order valence-corrected chi connectivity index (χ3v) is 5.38. The summed E-state index contributed by atoms with van der Waals surface area (Å²) >= 11 is 0. The van der Waals surface area contributed by atoms with Gasteiger partial charge in [-0.1, -0.05) is 30.3 Å². The van der Waals surface area contributed by atoms with Crippen molar-refractivity contribution >= 4 is 21.6 Å². The van der Waals surface area contributed by atoms with Gasteiger partial charge in [-0.3, -0.25) is 9.52 Å². The van der Waals surface area contributed by atoms with Crippen LogP contribution in [-0.2, 0) is 26.0 Å². The summed E-state index contributed by atoms with van der Waals surface area (Å²) in [6, 6.07) is 15.1. The smallest absolute Gasteiger partial charge is 0.261 e. The molecule has 1 aliphatic heterocycles. The van der Waals surface area contributed by atoms with Gasteiger partial charge in [0.25, 0.3) is 10.0 Å². The SMILES string of the molecule is O=C(Cc1ccc(NS(=O)(=O)c2ccccc2)cc1)N1CCOCC1. The standard InChI is InChI=1S/C18H20N2O4S/c21-18(20-10-12-24-13-11-20)14-15-6-8-16(9-7-15)19-25(22,23)17-4-2-1-3-5-17/h1-9,19H,10-14H2. The molecular formula is C18H20N2O4S. The largest absolute Gasteiger partial charge is 0.378 e. The van der Waals surface area contributed by atoms with Crippen molar-refractivity contribution in [1.29, 1.82) is 0 Å². The fourth-order valence-corrected chi connectivity index (χ4v) is 3.68. The molecule has 6 nitrogen and oxygen atoms in total. The van der Waals surface area contributed by atoms with Gasteiger partial charge in [-0.15, -0.1) is 0 Å². The predicted octanol–water partition coefficient (Wildman–Crippen LogP) is 1.89. The molecule has 7 heteroatoms. The summed E-state index contributed by atoms with van der Waals surface area (Å²) in [5, 5.41) is 0. The van der Waals surface area contributed by atoms with Crippen LogP contribution in [0, 0.1) is 0 Å². The van der Waals surface area contributed by atoms with Crippen LogP contribution in [0.15, 0.2) is 59.5 Å². The zero-order valence-electron chi connectivity index (χ0n) is 13.7. The Labute approximate surface area is 147 Å². The van der Waals surface area contributed by atoms with Crippen molar-refractivity contribution in [2.24, 2.45) is 0 Å². The molecule has 1 amide bonds. The monoisotopic (exact) mass is 360 g/mol. The van der Waals surface area contributed by atoms with Crippen molar-refractivity contribution in [2.75, 3.05) is 31.0 Å². The maximum absolute atomic E-state index is 12.3. The van der Waals surface area contributed by atoms with Crippen molar-refractivity contribution < 1.29 is 17.9 Å². The molecule has 25 heavy (non-hydrogen) atoms. The van der Waals surface area contributed by atoms with Crippen LogP contribution in [0.3, 0.4) is 0 Å². The Balaban J connectivity index is 1.63. The number of carbonyl (C=O) groups excluding carboxylic acids is 1. The molecule has 0 aromatic heterocycles. The van der Waals surface area contributed by atoms with Crippen molar-refractivity contribution in [3.63, 3.8) is 0 Å². The molecule has 0 saturated carbocycles. The highest BCUT2D eigenvalue weighted by Crippen LogP contribution is 2.17. The number of hydrogen-bond acceptors (Lipinski definition) is 4. The van der Waals surface area contributed by atoms with E-state index in [1.54, 1.807) is 47.4 Å². The normalized spacial score (nSPS) is 15.0. The first-order valence-electron chi connectivity index (χ1n) is 8.07. The Kier molecular flexibility index (Phi) is 5.35. The first-order valence-corrected chi connectivity index (χ1v) is 9.55. The molecule has 3 rings (SSSR count). The quantitative estimate of drug-likeness (QED) is 0.883. The zero-order valence-corrected chi connectivity index (χ0v) is 14.5. The number of amides is 1. The number of nitrogens with zero attached hydrogens (tertiary/aromatic N) is 1. The molecule has 0 radical (unpaired) electrons. The van der Waals surface area contributed by atoms with E-state index in [2.05, 4.69) is 4.72 Å². The van der Waals surface area contributed by atoms with E-state index in [-0.39, 0.29) is 10.8 Å². The van der Waals surface area contributed by atoms with Crippen LogP contribution in [0.5, 0.6) is 0 Å². The molecule has 1 fully saturated rings. The molecule has 1 saturated heterocycles. The van der Waals surface area contributed by atoms with Gasteiger partial charge in [0.1, 0.15) is 0 Å². The van der Waals surface area contributed by atoms with E-state index < -0.39 is 10.0 Å². The summed E-state index contributed by atoms with van der Waals surface area (Å²) in [6.45, 7) is 2.39. The fraction of sp³-hybridized carbons (Fsp3) is 0.278. The number of anilines is 1. The van der Waals surface area contributed by atoms with Crippen molar-refractivity contribution in [1.82, 2.24) is 4.90 Å². The van der Waals surface area contributed by atoms with E-state index in [0.717, 1.165) is 5.56 Å². The van der Waals surface area contributed by atoms with Crippen LogP contribution >= 0.6 is 0 Å². The van der Waals surface area contributed by atoms with Gasteiger partial charge in [0.05, 0.1) is 24.5 Å². The van der Waals surface area contributed by atoms with Crippen LogP contribution in [0.2, 0.25) is 0 Å². The molecule has 1 N–H and O–H groups in total. The highest BCUT2D eigenvalue weighted by molar-refractivity contribution is 7.92. The Bertz CT molecular complexity index is 814. The molecule has 1 aliphatic rings. The third-order valence-electron chi connectivity index (χ3n) is 3.98. The summed E-state index contributed by atoms with van der Waals surface area (Å²) in [7, 11) is -3.61. The van der Waals surface area contributed by atoms with Gasteiger partial charge >= 0.3 is 0 Å². The molecule has 2 aromatic rings. The van der Waals surface area contributed by atoms with Crippen LogP contribution in [0.4, 0.5) is 5.69 Å². The third kappa shape index (κ3) is 4.58. The molecule has 132 valence electrons. The van der Waals surface area contributed by atoms with Gasteiger partial charge in [-0.05, 0) is 29.8 Å². The highest BCUT2D eigenvalue weighted by Gasteiger charge is 2.17. The van der Waals surface area contributed by atoms with E-state index in [0.29, 0.717) is 38.4 Å². The lowest BCUT2D eigenvalue weighted by atomic mass is 10.1. The number of hydrogen-bond donors (Lipinski definition) is 1. The van der Waals surface area contributed by atoms with Crippen molar-refractivity contribution in [3.8, 4) is 0 Å². The number of rotatable bonds is 5. The summed E-state index contributed by atoms with van der Waals surface area (Å²) in [6.07, 6.45) is 0.297. The summed E-state index contributed by atoms with van der Waals surface area (Å²) in [5.41, 5.74) is 1.31. The van der Waals surface area contributed by atoms with E-state index >= 15 is 0 Å². The molecule has 0 spiro atoms. The van der Waals surface area contributed by atoms with Crippen LogP contribution in [0.1, 0.15) is 5.56 Å². The van der Waals surface area contributed by atoms with Gasteiger partial charge in [0.2, 0.25) is 5.91 Å². The maximum atomic E-state index is 12.3. The second-order valence-corrected chi connectivity index (χ2v) is 7.47. The number of carbonyl (C=O) groups is 1. The van der Waals surface area contributed by atoms with E-state index in [1.807, 2.05) is 0 Å². The molecule has 0 aliphatic carbocycles. The molecule has 0 atom stereocenters. The summed E-state index contributed by atoms with van der Waals surface area (Å²) in [4.78, 5) is 14.2. The van der Waals surface area contributed by atoms with Gasteiger partial charge in [0.15, 0.2) is 0 Å². The first kappa shape index (κ1) is 17.4. The average Bonchev–Trinajstić information content (AvgIpc) is 2.64. The molecule has 1 heterocycles. The number of benzene rings is 2. The Morgan fingerprint density at radius 2 is 1.64 bits per heavy atom. The summed E-state index contributed by atoms with van der Waals surface area (Å²) < 4.78 is 32.4. The molecule has 0 unspecified atom stereocenters. The minimum atomic E-state index is -3.61. The number of sulfonamides is 1. The second-order valence-electron chi connectivity index (χ2n) is 5.79. The number of ether oxygens (including phenoxy) is 1. The van der Waals surface area contributed by atoms with Gasteiger partial charge in [-0.2, -0.15) is 0 Å². The summed E-state index contributed by atoms with van der Waals surface area (Å²) in [5.74, 6) is 0.0564.